The number of aromatic nitrogens is 3. The molecule has 0 radical (unpaired) electrons. The van der Waals surface area contributed by atoms with Gasteiger partial charge in [0.2, 0.25) is 0 Å². The Hall–Kier alpha value is -0.170. The summed E-state index contributed by atoms with van der Waals surface area (Å²) in [5, 5.41) is 2.38. The Morgan fingerprint density at radius 2 is 2.00 bits per heavy atom. The third kappa shape index (κ3) is 2.41. The van der Waals surface area contributed by atoms with Crippen molar-refractivity contribution >= 4 is 12.2 Å². The van der Waals surface area contributed by atoms with Crippen molar-refractivity contribution in [3.05, 3.63) is 25.5 Å². The van der Waals surface area contributed by atoms with Gasteiger partial charge < -0.3 is 0 Å². The van der Waals surface area contributed by atoms with Gasteiger partial charge in [-0.3, -0.25) is 14.9 Å². The van der Waals surface area contributed by atoms with E-state index in [1.165, 1.54) is 7.05 Å². The van der Waals surface area contributed by atoms with Crippen molar-refractivity contribution in [2.75, 3.05) is 0 Å². The Labute approximate surface area is 88.7 Å². The van der Waals surface area contributed by atoms with E-state index in [1.807, 2.05) is 4.98 Å². The number of H-pyrrole nitrogens is 2. The standard InChI is InChI=1S/C4H5N3O2S.Na/c1-7-4(9)5-2(8)3(10)6-7;/h1H3,(H,6,10)(H,5,8,9);/q;+1. The molecule has 0 spiro atoms. The topological polar surface area (TPSA) is 70.7 Å². The summed E-state index contributed by atoms with van der Waals surface area (Å²) >= 11 is 4.54. The SMILES string of the molecule is Cn1[nH]c(=S)c(=O)[nH]c1=O.[Na+]. The minimum absolute atomic E-state index is 0. The first kappa shape index (κ1) is 10.8. The molecule has 54 valence electrons. The van der Waals surface area contributed by atoms with Crippen molar-refractivity contribution in [2.24, 2.45) is 7.05 Å². The predicted molar refractivity (Wildman–Crippen MR) is 37.5 cm³/mol. The van der Waals surface area contributed by atoms with Gasteiger partial charge in [0, 0.05) is 7.05 Å². The summed E-state index contributed by atoms with van der Waals surface area (Å²) < 4.78 is 1.10. The first-order chi connectivity index (χ1) is 4.61. The number of aromatic amines is 2. The van der Waals surface area contributed by atoms with Crippen LogP contribution in [0.4, 0.5) is 0 Å². The van der Waals surface area contributed by atoms with Crippen molar-refractivity contribution in [1.29, 1.82) is 0 Å². The van der Waals surface area contributed by atoms with Crippen molar-refractivity contribution in [3.63, 3.8) is 0 Å². The van der Waals surface area contributed by atoms with Crippen LogP contribution in [0.1, 0.15) is 0 Å². The van der Waals surface area contributed by atoms with Gasteiger partial charge >= 0.3 is 35.2 Å². The van der Waals surface area contributed by atoms with Crippen LogP contribution in [0.15, 0.2) is 9.59 Å². The quantitative estimate of drug-likeness (QED) is 0.318. The molecule has 7 heteroatoms. The molecule has 2 N–H and O–H groups in total. The molecule has 1 rings (SSSR count). The average molecular weight is 182 g/mol. The van der Waals surface area contributed by atoms with Gasteiger partial charge in [0.1, 0.15) is 0 Å². The maximum Gasteiger partial charge on any atom is 1.00 e. The van der Waals surface area contributed by atoms with Crippen LogP contribution in [0.3, 0.4) is 0 Å². The number of nitrogens with zero attached hydrogens (tertiary/aromatic N) is 1. The fourth-order valence-corrected chi connectivity index (χ4v) is 0.680. The van der Waals surface area contributed by atoms with Gasteiger partial charge in [-0.2, -0.15) is 0 Å². The van der Waals surface area contributed by atoms with E-state index in [1.54, 1.807) is 0 Å². The van der Waals surface area contributed by atoms with Crippen LogP contribution >= 0.6 is 12.2 Å². The normalized spacial score (nSPS) is 8.82. The molecule has 0 fully saturated rings. The molecule has 1 aromatic heterocycles. The summed E-state index contributed by atoms with van der Waals surface area (Å²) in [5.74, 6) is 0. The molecule has 0 amide bonds. The van der Waals surface area contributed by atoms with Crippen LogP contribution in [-0.4, -0.2) is 14.8 Å². The molecule has 0 aromatic carbocycles. The predicted octanol–water partition coefficient (Wildman–Crippen LogP) is -3.86. The second-order valence-electron chi connectivity index (χ2n) is 1.76. The number of aryl methyl sites for hydroxylation is 1. The first-order valence-electron chi connectivity index (χ1n) is 2.51. The van der Waals surface area contributed by atoms with Crippen LogP contribution < -0.4 is 40.8 Å². The van der Waals surface area contributed by atoms with Crippen LogP contribution in [0.25, 0.3) is 0 Å². The first-order valence-corrected chi connectivity index (χ1v) is 2.92. The Morgan fingerprint density at radius 3 is 2.45 bits per heavy atom. The van der Waals surface area contributed by atoms with E-state index in [-0.39, 0.29) is 34.2 Å². The zero-order chi connectivity index (χ0) is 7.72. The summed E-state index contributed by atoms with van der Waals surface area (Å²) in [7, 11) is 1.47. The monoisotopic (exact) mass is 182 g/mol. The van der Waals surface area contributed by atoms with E-state index in [2.05, 4.69) is 17.3 Å². The summed E-state index contributed by atoms with van der Waals surface area (Å²) in [4.78, 5) is 23.2. The summed E-state index contributed by atoms with van der Waals surface area (Å²) in [6.45, 7) is 0. The molecule has 1 aromatic rings. The van der Waals surface area contributed by atoms with Crippen molar-refractivity contribution < 1.29 is 29.6 Å². The maximum atomic E-state index is 10.6. The van der Waals surface area contributed by atoms with Gasteiger partial charge in [-0.15, -0.1) is 0 Å². The molecule has 0 aliphatic carbocycles. The van der Waals surface area contributed by atoms with Gasteiger partial charge in [-0.25, -0.2) is 9.48 Å². The smallest absolute Gasteiger partial charge is 0.280 e. The summed E-state index contributed by atoms with van der Waals surface area (Å²) in [6, 6.07) is 0. The van der Waals surface area contributed by atoms with Gasteiger partial charge in [0.05, 0.1) is 0 Å². The molecule has 0 bridgehead atoms. The van der Waals surface area contributed by atoms with Gasteiger partial charge in [0.15, 0.2) is 4.64 Å². The fraction of sp³-hybridized carbons (Fsp3) is 0.250. The Kier molecular flexibility index (Phi) is 3.95. The van der Waals surface area contributed by atoms with E-state index in [4.69, 9.17) is 0 Å². The molecule has 0 unspecified atom stereocenters. The van der Waals surface area contributed by atoms with Crippen molar-refractivity contribution in [2.45, 2.75) is 0 Å². The summed E-state index contributed by atoms with van der Waals surface area (Å²) in [6.07, 6.45) is 0. The van der Waals surface area contributed by atoms with E-state index >= 15 is 0 Å². The van der Waals surface area contributed by atoms with Gasteiger partial charge in [-0.05, 0) is 0 Å². The second-order valence-corrected chi connectivity index (χ2v) is 2.17. The maximum absolute atomic E-state index is 10.6. The van der Waals surface area contributed by atoms with E-state index < -0.39 is 11.2 Å². The van der Waals surface area contributed by atoms with Crippen LogP contribution in [0, 0.1) is 4.64 Å². The molecular formula is C4H5N3NaO2S+. The molecule has 1 heterocycles. The number of nitrogens with one attached hydrogen (secondary N) is 2. The number of rotatable bonds is 0. The third-order valence-electron chi connectivity index (χ3n) is 1.00. The van der Waals surface area contributed by atoms with Crippen molar-refractivity contribution in [3.8, 4) is 0 Å². The Balaban J connectivity index is 0.000001000. The van der Waals surface area contributed by atoms with Crippen molar-refractivity contribution in [1.82, 2.24) is 14.8 Å². The van der Waals surface area contributed by atoms with Gasteiger partial charge in [0.25, 0.3) is 5.56 Å². The van der Waals surface area contributed by atoms with E-state index in [0.29, 0.717) is 0 Å². The zero-order valence-electron chi connectivity index (χ0n) is 6.17. The van der Waals surface area contributed by atoms with Crippen LogP contribution in [0.5, 0.6) is 0 Å². The summed E-state index contributed by atoms with van der Waals surface area (Å²) in [5.41, 5.74) is -1.06. The molecule has 5 nitrogen and oxygen atoms in total. The molecule has 0 aliphatic rings. The minimum Gasteiger partial charge on any atom is -0.280 e. The zero-order valence-corrected chi connectivity index (χ0v) is 8.99. The second kappa shape index (κ2) is 4.01. The molecular weight excluding hydrogens is 177 g/mol. The number of hydrogen-bond donors (Lipinski definition) is 2. The van der Waals surface area contributed by atoms with Gasteiger partial charge in [-0.1, -0.05) is 12.2 Å². The molecule has 0 saturated heterocycles. The van der Waals surface area contributed by atoms with Crippen LogP contribution in [-0.2, 0) is 7.05 Å². The minimum atomic E-state index is -0.557. The Morgan fingerprint density at radius 1 is 1.45 bits per heavy atom. The third-order valence-corrected chi connectivity index (χ3v) is 1.28. The Bertz CT molecular complexity index is 403. The molecule has 0 saturated carbocycles. The van der Waals surface area contributed by atoms with E-state index in [0.717, 1.165) is 4.68 Å². The average Bonchev–Trinajstić information content (AvgIpc) is 1.84. The molecule has 11 heavy (non-hydrogen) atoms. The molecule has 0 atom stereocenters. The number of hydrogen-bond acceptors (Lipinski definition) is 3. The van der Waals surface area contributed by atoms with E-state index in [9.17, 15) is 9.59 Å². The largest absolute Gasteiger partial charge is 1.00 e. The molecule has 0 aliphatic heterocycles. The van der Waals surface area contributed by atoms with Crippen LogP contribution in [0.2, 0.25) is 0 Å². The fourth-order valence-electron chi connectivity index (χ4n) is 0.492.